The van der Waals surface area contributed by atoms with Gasteiger partial charge in [-0.3, -0.25) is 10.1 Å². The van der Waals surface area contributed by atoms with E-state index in [0.29, 0.717) is 6.61 Å². The van der Waals surface area contributed by atoms with Crippen LogP contribution in [0.15, 0.2) is 6.20 Å². The summed E-state index contributed by atoms with van der Waals surface area (Å²) < 4.78 is 11.1. The van der Waals surface area contributed by atoms with E-state index in [2.05, 4.69) is 15.6 Å². The Kier molecular flexibility index (Phi) is 4.85. The standard InChI is InChI=1S/C11H18N4O4/c1-5-18-9(16)7-15-6-8(13-14-15)12-10(17)19-11(2,3)4/h6H,5,7H2,1-4H3,(H,12,17). The molecule has 1 aromatic rings. The lowest BCUT2D eigenvalue weighted by Gasteiger charge is -2.18. The monoisotopic (exact) mass is 270 g/mol. The molecule has 0 aliphatic carbocycles. The highest BCUT2D eigenvalue weighted by Crippen LogP contribution is 2.09. The number of carbonyl (C=O) groups is 2. The highest BCUT2D eigenvalue weighted by atomic mass is 16.6. The summed E-state index contributed by atoms with van der Waals surface area (Å²) in [5.74, 6) is -0.213. The lowest BCUT2D eigenvalue weighted by Crippen LogP contribution is -2.27. The lowest BCUT2D eigenvalue weighted by atomic mass is 10.2. The summed E-state index contributed by atoms with van der Waals surface area (Å²) in [6.45, 7) is 7.22. The zero-order valence-electron chi connectivity index (χ0n) is 11.5. The molecule has 0 spiro atoms. The molecule has 0 saturated carbocycles. The van der Waals surface area contributed by atoms with Gasteiger partial charge in [0.25, 0.3) is 0 Å². The molecule has 1 N–H and O–H groups in total. The summed E-state index contributed by atoms with van der Waals surface area (Å²) in [5.41, 5.74) is -0.592. The minimum absolute atomic E-state index is 0.0587. The van der Waals surface area contributed by atoms with Gasteiger partial charge >= 0.3 is 12.1 Å². The van der Waals surface area contributed by atoms with E-state index in [1.807, 2.05) is 0 Å². The third kappa shape index (κ3) is 5.84. The quantitative estimate of drug-likeness (QED) is 0.826. The molecule has 8 heteroatoms. The van der Waals surface area contributed by atoms with Crippen molar-refractivity contribution < 1.29 is 19.1 Å². The van der Waals surface area contributed by atoms with Gasteiger partial charge in [0.05, 0.1) is 12.8 Å². The number of amides is 1. The van der Waals surface area contributed by atoms with Gasteiger partial charge in [-0.25, -0.2) is 9.48 Å². The van der Waals surface area contributed by atoms with Crippen LogP contribution >= 0.6 is 0 Å². The van der Waals surface area contributed by atoms with Crippen molar-refractivity contribution >= 4 is 17.9 Å². The predicted octanol–water partition coefficient (Wildman–Crippen LogP) is 1.19. The van der Waals surface area contributed by atoms with E-state index >= 15 is 0 Å². The average Bonchev–Trinajstić information content (AvgIpc) is 2.62. The summed E-state index contributed by atoms with van der Waals surface area (Å²) in [7, 11) is 0. The van der Waals surface area contributed by atoms with Gasteiger partial charge in [0.1, 0.15) is 12.1 Å². The van der Waals surface area contributed by atoms with Crippen molar-refractivity contribution in [3.8, 4) is 0 Å². The van der Waals surface area contributed by atoms with Crippen LogP contribution in [0.3, 0.4) is 0 Å². The first kappa shape index (κ1) is 14.9. The van der Waals surface area contributed by atoms with E-state index in [1.54, 1.807) is 27.7 Å². The van der Waals surface area contributed by atoms with Crippen molar-refractivity contribution in [2.24, 2.45) is 0 Å². The summed E-state index contributed by atoms with van der Waals surface area (Å²) in [6.07, 6.45) is 0.789. The minimum atomic E-state index is -0.629. The molecule has 0 aliphatic heterocycles. The number of carbonyl (C=O) groups excluding carboxylic acids is 2. The van der Waals surface area contributed by atoms with Crippen LogP contribution in [0.1, 0.15) is 27.7 Å². The maximum Gasteiger partial charge on any atom is 0.413 e. The van der Waals surface area contributed by atoms with Gasteiger partial charge in [-0.1, -0.05) is 5.21 Å². The summed E-state index contributed by atoms with van der Waals surface area (Å²) in [6, 6.07) is 0. The Morgan fingerprint density at radius 2 is 2.11 bits per heavy atom. The van der Waals surface area contributed by atoms with Crippen LogP contribution in [0.4, 0.5) is 10.6 Å². The van der Waals surface area contributed by atoms with Crippen molar-refractivity contribution in [3.63, 3.8) is 0 Å². The molecule has 0 unspecified atom stereocenters. The smallest absolute Gasteiger partial charge is 0.413 e. The zero-order chi connectivity index (χ0) is 14.5. The van der Waals surface area contributed by atoms with E-state index in [9.17, 15) is 9.59 Å². The number of hydrogen-bond donors (Lipinski definition) is 1. The molecule has 0 aromatic carbocycles. The molecule has 1 heterocycles. The Labute approximate surface area is 111 Å². The molecule has 106 valence electrons. The second-order valence-electron chi connectivity index (χ2n) is 4.73. The van der Waals surface area contributed by atoms with Gasteiger partial charge in [-0.2, -0.15) is 0 Å². The molecule has 1 rings (SSSR count). The van der Waals surface area contributed by atoms with Gasteiger partial charge in [0, 0.05) is 0 Å². The Balaban J connectivity index is 2.51. The van der Waals surface area contributed by atoms with Crippen LogP contribution in [0.25, 0.3) is 0 Å². The molecule has 0 aliphatic rings. The van der Waals surface area contributed by atoms with Crippen molar-refractivity contribution in [1.29, 1.82) is 0 Å². The molecular formula is C11H18N4O4. The zero-order valence-corrected chi connectivity index (χ0v) is 11.5. The van der Waals surface area contributed by atoms with Gasteiger partial charge in [-0.15, -0.1) is 5.10 Å². The molecule has 8 nitrogen and oxygen atoms in total. The summed E-state index contributed by atoms with van der Waals surface area (Å²) in [4.78, 5) is 22.7. The molecule has 0 saturated heterocycles. The lowest BCUT2D eigenvalue weighted by molar-refractivity contribution is -0.144. The molecule has 1 aromatic heterocycles. The predicted molar refractivity (Wildman–Crippen MR) is 66.5 cm³/mol. The molecule has 0 fully saturated rings. The van der Waals surface area contributed by atoms with Crippen molar-refractivity contribution in [2.45, 2.75) is 39.8 Å². The summed E-state index contributed by atoms with van der Waals surface area (Å²) >= 11 is 0. The number of hydrogen-bond acceptors (Lipinski definition) is 6. The second kappa shape index (κ2) is 6.17. The number of nitrogens with zero attached hydrogens (tertiary/aromatic N) is 3. The van der Waals surface area contributed by atoms with Crippen LogP contribution in [-0.2, 0) is 20.8 Å². The fraction of sp³-hybridized carbons (Fsp3) is 0.636. The fourth-order valence-electron chi connectivity index (χ4n) is 1.18. The SMILES string of the molecule is CCOC(=O)Cn1cc(NC(=O)OC(C)(C)C)nn1. The van der Waals surface area contributed by atoms with E-state index in [1.165, 1.54) is 10.9 Å². The molecule has 0 atom stereocenters. The Hall–Kier alpha value is -2.12. The number of rotatable bonds is 4. The molecule has 19 heavy (non-hydrogen) atoms. The summed E-state index contributed by atoms with van der Waals surface area (Å²) in [5, 5.41) is 9.79. The Morgan fingerprint density at radius 1 is 1.42 bits per heavy atom. The van der Waals surface area contributed by atoms with Gasteiger partial charge in [0.2, 0.25) is 0 Å². The number of esters is 1. The Morgan fingerprint density at radius 3 is 2.68 bits per heavy atom. The van der Waals surface area contributed by atoms with E-state index in [4.69, 9.17) is 9.47 Å². The first-order valence-electron chi connectivity index (χ1n) is 5.86. The Bertz CT molecular complexity index is 450. The number of anilines is 1. The van der Waals surface area contributed by atoms with E-state index in [0.717, 1.165) is 0 Å². The maximum atomic E-state index is 11.5. The van der Waals surface area contributed by atoms with Crippen molar-refractivity contribution in [3.05, 3.63) is 6.20 Å². The van der Waals surface area contributed by atoms with Gasteiger partial charge in [0.15, 0.2) is 5.82 Å². The molecule has 0 bridgehead atoms. The van der Waals surface area contributed by atoms with Gasteiger partial charge in [-0.05, 0) is 27.7 Å². The highest BCUT2D eigenvalue weighted by molar-refractivity contribution is 5.83. The largest absolute Gasteiger partial charge is 0.465 e. The first-order chi connectivity index (χ1) is 8.80. The number of ether oxygens (including phenoxy) is 2. The normalized spacial score (nSPS) is 10.9. The highest BCUT2D eigenvalue weighted by Gasteiger charge is 2.17. The van der Waals surface area contributed by atoms with E-state index < -0.39 is 17.7 Å². The number of nitrogens with one attached hydrogen (secondary N) is 1. The third-order valence-electron chi connectivity index (χ3n) is 1.76. The van der Waals surface area contributed by atoms with Crippen LogP contribution in [-0.4, -0.2) is 39.3 Å². The third-order valence-corrected chi connectivity index (χ3v) is 1.76. The molecular weight excluding hydrogens is 252 g/mol. The van der Waals surface area contributed by atoms with Crippen LogP contribution in [0.2, 0.25) is 0 Å². The van der Waals surface area contributed by atoms with Crippen LogP contribution < -0.4 is 5.32 Å². The maximum absolute atomic E-state index is 11.5. The molecule has 1 amide bonds. The van der Waals surface area contributed by atoms with Crippen molar-refractivity contribution in [2.75, 3.05) is 11.9 Å². The fourth-order valence-corrected chi connectivity index (χ4v) is 1.18. The minimum Gasteiger partial charge on any atom is -0.465 e. The number of aromatic nitrogens is 3. The van der Waals surface area contributed by atoms with Crippen LogP contribution in [0, 0.1) is 0 Å². The van der Waals surface area contributed by atoms with Gasteiger partial charge < -0.3 is 9.47 Å². The molecule has 0 radical (unpaired) electrons. The first-order valence-corrected chi connectivity index (χ1v) is 5.86. The van der Waals surface area contributed by atoms with E-state index in [-0.39, 0.29) is 12.4 Å². The topological polar surface area (TPSA) is 95.3 Å². The average molecular weight is 270 g/mol. The van der Waals surface area contributed by atoms with Crippen molar-refractivity contribution in [1.82, 2.24) is 15.0 Å². The second-order valence-corrected chi connectivity index (χ2v) is 4.73. The van der Waals surface area contributed by atoms with Crippen LogP contribution in [0.5, 0.6) is 0 Å².